The average molecular weight is 136 g/mol. The van der Waals surface area contributed by atoms with Crippen LogP contribution in [0.3, 0.4) is 0 Å². The summed E-state index contributed by atoms with van der Waals surface area (Å²) in [7, 11) is 0. The van der Waals surface area contributed by atoms with Crippen molar-refractivity contribution in [3.8, 4) is 0 Å². The largest absolute Gasteiger partial charge is 0.306 e. The molecule has 7 heavy (non-hydrogen) atoms. The molecule has 0 amide bonds. The van der Waals surface area contributed by atoms with E-state index in [1.54, 1.807) is 0 Å². The summed E-state index contributed by atoms with van der Waals surface area (Å²) >= 11 is 2.47. The Hall–Kier alpha value is -0.0200. The third-order valence-electron chi connectivity index (χ3n) is 0.309. The van der Waals surface area contributed by atoms with Gasteiger partial charge in [0.2, 0.25) is 0 Å². The smallest absolute Gasteiger partial charge is 0.157 e. The van der Waals surface area contributed by atoms with Crippen molar-refractivity contribution in [2.75, 3.05) is 5.75 Å². The lowest BCUT2D eigenvalue weighted by Gasteiger charge is -1.76. The molecule has 0 aliphatic carbocycles. The molecule has 0 saturated heterocycles. The van der Waals surface area contributed by atoms with Gasteiger partial charge in [0.25, 0.3) is 0 Å². The fourth-order valence-corrected chi connectivity index (χ4v) is 0.520. The lowest BCUT2D eigenvalue weighted by Crippen LogP contribution is -1.88. The van der Waals surface area contributed by atoms with Crippen LogP contribution in [0, 0.1) is 0 Å². The first-order valence-electron chi connectivity index (χ1n) is 1.54. The Morgan fingerprint density at radius 2 is 2.57 bits per heavy atom. The van der Waals surface area contributed by atoms with Crippen LogP contribution in [0.25, 0.3) is 0 Å². The number of thiocarbonyl (C=S) groups is 1. The van der Waals surface area contributed by atoms with Gasteiger partial charge in [0.1, 0.15) is 0 Å². The molecule has 2 nitrogen and oxygen atoms in total. The van der Waals surface area contributed by atoms with Gasteiger partial charge >= 0.3 is 0 Å². The lowest BCUT2D eigenvalue weighted by molar-refractivity contribution is 0.567. The van der Waals surface area contributed by atoms with Crippen LogP contribution in [0.2, 0.25) is 0 Å². The molecule has 0 aromatic carbocycles. The standard InChI is InChI=1S/C3H4O2S2/c4-7(5)3-1-2-6/h1H,3H2,(H,4,5). The first-order valence-corrected chi connectivity index (χ1v) is 3.22. The first-order chi connectivity index (χ1) is 3.27. The summed E-state index contributed by atoms with van der Waals surface area (Å²) in [6.07, 6.45) is 1.34. The van der Waals surface area contributed by atoms with E-state index in [1.807, 2.05) is 0 Å². The van der Waals surface area contributed by atoms with E-state index in [0.29, 0.717) is 0 Å². The molecule has 0 aromatic rings. The molecule has 40 valence electrons. The van der Waals surface area contributed by atoms with Crippen LogP contribution in [0.4, 0.5) is 0 Å². The molecule has 0 aliphatic heterocycles. The Bertz CT molecular complexity index is 114. The molecule has 0 radical (unpaired) electrons. The van der Waals surface area contributed by atoms with Crippen molar-refractivity contribution in [3.05, 3.63) is 6.08 Å². The summed E-state index contributed by atoms with van der Waals surface area (Å²) in [5.74, 6) is 0.0868. The van der Waals surface area contributed by atoms with Crippen molar-refractivity contribution in [2.45, 2.75) is 0 Å². The van der Waals surface area contributed by atoms with E-state index in [1.165, 1.54) is 6.08 Å². The minimum Gasteiger partial charge on any atom is -0.306 e. The summed E-state index contributed by atoms with van der Waals surface area (Å²) in [5, 5.41) is 2.20. The van der Waals surface area contributed by atoms with Gasteiger partial charge in [-0.05, 0) is 23.3 Å². The van der Waals surface area contributed by atoms with E-state index in [-0.39, 0.29) is 5.75 Å². The quantitative estimate of drug-likeness (QED) is 0.440. The monoisotopic (exact) mass is 136 g/mol. The minimum absolute atomic E-state index is 0.0868. The van der Waals surface area contributed by atoms with Gasteiger partial charge in [0, 0.05) is 0 Å². The van der Waals surface area contributed by atoms with Crippen molar-refractivity contribution >= 4 is 28.3 Å². The van der Waals surface area contributed by atoms with E-state index in [9.17, 15) is 4.21 Å². The van der Waals surface area contributed by atoms with Crippen LogP contribution in [0.1, 0.15) is 0 Å². The van der Waals surface area contributed by atoms with Crippen LogP contribution in [0.15, 0.2) is 6.08 Å². The maximum atomic E-state index is 9.75. The average Bonchev–Trinajstić information content (AvgIpc) is 1.61. The Morgan fingerprint density at radius 3 is 2.71 bits per heavy atom. The van der Waals surface area contributed by atoms with Crippen LogP contribution < -0.4 is 0 Å². The highest BCUT2D eigenvalue weighted by molar-refractivity contribution is 7.80. The minimum atomic E-state index is -1.75. The van der Waals surface area contributed by atoms with E-state index >= 15 is 0 Å². The molecule has 0 aromatic heterocycles. The Balaban J connectivity index is 3.32. The van der Waals surface area contributed by atoms with Crippen molar-refractivity contribution in [1.29, 1.82) is 0 Å². The molecule has 0 fully saturated rings. The number of hydrogen-bond donors (Lipinski definition) is 1. The highest BCUT2D eigenvalue weighted by atomic mass is 32.2. The molecule has 0 aliphatic rings. The number of hydrogen-bond acceptors (Lipinski definition) is 2. The van der Waals surface area contributed by atoms with Crippen molar-refractivity contribution in [1.82, 2.24) is 0 Å². The molecule has 4 heteroatoms. The summed E-state index contributed by atoms with van der Waals surface area (Å²) in [4.78, 5) is 0. The highest BCUT2D eigenvalue weighted by Crippen LogP contribution is 1.69. The molecule has 1 unspecified atom stereocenters. The normalized spacial score (nSPS) is 12.1. The summed E-state index contributed by atoms with van der Waals surface area (Å²) in [6, 6.07) is 0. The third kappa shape index (κ3) is 5.98. The molecule has 0 heterocycles. The van der Waals surface area contributed by atoms with Gasteiger partial charge in [-0.15, -0.1) is 0 Å². The fourth-order valence-electron chi connectivity index (χ4n) is 0.105. The molecule has 0 rings (SSSR count). The predicted molar refractivity (Wildman–Crippen MR) is 32.8 cm³/mol. The Kier molecular flexibility index (Phi) is 4.14. The highest BCUT2D eigenvalue weighted by Gasteiger charge is 1.81. The van der Waals surface area contributed by atoms with Gasteiger partial charge < -0.3 is 4.55 Å². The van der Waals surface area contributed by atoms with Gasteiger partial charge in [-0.1, -0.05) is 0 Å². The molecular formula is C3H4O2S2. The molecule has 0 spiro atoms. The van der Waals surface area contributed by atoms with Gasteiger partial charge in [-0.2, -0.15) is 0 Å². The molecular weight excluding hydrogens is 132 g/mol. The van der Waals surface area contributed by atoms with E-state index in [2.05, 4.69) is 17.2 Å². The van der Waals surface area contributed by atoms with Crippen LogP contribution in [-0.4, -0.2) is 19.5 Å². The zero-order chi connectivity index (χ0) is 5.70. The van der Waals surface area contributed by atoms with Crippen molar-refractivity contribution in [2.24, 2.45) is 0 Å². The maximum absolute atomic E-state index is 9.75. The van der Waals surface area contributed by atoms with Crippen molar-refractivity contribution < 1.29 is 8.76 Å². The van der Waals surface area contributed by atoms with E-state index in [0.717, 1.165) is 0 Å². The summed E-state index contributed by atoms with van der Waals surface area (Å²) in [6.45, 7) is 0. The Labute approximate surface area is 49.5 Å². The van der Waals surface area contributed by atoms with Crippen LogP contribution in [-0.2, 0) is 11.1 Å². The molecule has 0 bridgehead atoms. The van der Waals surface area contributed by atoms with E-state index < -0.39 is 11.1 Å². The molecule has 0 saturated carbocycles. The molecule has 1 N–H and O–H groups in total. The van der Waals surface area contributed by atoms with Gasteiger partial charge in [-0.25, -0.2) is 4.21 Å². The van der Waals surface area contributed by atoms with Crippen LogP contribution in [0.5, 0.6) is 0 Å². The first kappa shape index (κ1) is 6.98. The summed E-state index contributed by atoms with van der Waals surface area (Å²) in [5.41, 5.74) is 0. The fraction of sp³-hybridized carbons (Fsp3) is 0.333. The van der Waals surface area contributed by atoms with E-state index in [4.69, 9.17) is 4.55 Å². The van der Waals surface area contributed by atoms with Gasteiger partial charge in [0.05, 0.1) is 5.75 Å². The van der Waals surface area contributed by atoms with Crippen LogP contribution >= 0.6 is 12.2 Å². The Morgan fingerprint density at radius 1 is 2.00 bits per heavy atom. The second-order valence-corrected chi connectivity index (χ2v) is 2.02. The second kappa shape index (κ2) is 4.15. The van der Waals surface area contributed by atoms with Gasteiger partial charge in [0.15, 0.2) is 11.1 Å². The maximum Gasteiger partial charge on any atom is 0.157 e. The zero-order valence-electron chi connectivity index (χ0n) is 3.46. The lowest BCUT2D eigenvalue weighted by atomic mass is 10.8. The van der Waals surface area contributed by atoms with Crippen molar-refractivity contribution in [3.63, 3.8) is 0 Å². The molecule has 1 atom stereocenters. The topological polar surface area (TPSA) is 37.3 Å². The predicted octanol–water partition coefficient (Wildman–Crippen LogP) is 0.363. The number of rotatable bonds is 2. The SMILES string of the molecule is O=S(O)CC=C=S. The third-order valence-corrected chi connectivity index (χ3v) is 0.928. The van der Waals surface area contributed by atoms with Gasteiger partial charge in [-0.3, -0.25) is 0 Å². The zero-order valence-corrected chi connectivity index (χ0v) is 5.09. The summed E-state index contributed by atoms with van der Waals surface area (Å²) < 4.78 is 17.8. The second-order valence-electron chi connectivity index (χ2n) is 0.810.